The summed E-state index contributed by atoms with van der Waals surface area (Å²) in [4.78, 5) is 0. The van der Waals surface area contributed by atoms with E-state index in [2.05, 4.69) is 24.8 Å². The Morgan fingerprint density at radius 1 is 1.67 bits per heavy atom. The second kappa shape index (κ2) is 3.59. The molecule has 0 aromatic rings. The highest BCUT2D eigenvalue weighted by molar-refractivity contribution is 9.06. The maximum atomic E-state index is 4.63. The van der Waals surface area contributed by atoms with Gasteiger partial charge in [0.2, 0.25) is 0 Å². The average molecular weight is 155 g/mol. The van der Waals surface area contributed by atoms with Crippen molar-refractivity contribution < 1.29 is 8.57 Å². The maximum absolute atomic E-state index is 4.63. The smallest absolute Gasteiger partial charge is 0.167 e. The third kappa shape index (κ3) is 2.63. The average Bonchev–Trinajstić information content (AvgIpc) is 1.65. The quantitative estimate of drug-likeness (QED) is 0.559. The standard InChI is InChI=1S/C3H7BrO2/c1-3(5-2)6-4/h3H,1-2H3. The molecule has 0 saturated heterocycles. The number of hydrogen-bond acceptors (Lipinski definition) is 2. The van der Waals surface area contributed by atoms with Crippen LogP contribution in [0.1, 0.15) is 6.92 Å². The molecule has 0 bridgehead atoms. The Balaban J connectivity index is 2.75. The van der Waals surface area contributed by atoms with Crippen molar-refractivity contribution in [3.8, 4) is 0 Å². The molecular formula is C3H7BrO2. The van der Waals surface area contributed by atoms with Gasteiger partial charge in [0.25, 0.3) is 0 Å². The van der Waals surface area contributed by atoms with Crippen molar-refractivity contribution in [3.05, 3.63) is 0 Å². The molecule has 0 N–H and O–H groups in total. The molecule has 6 heavy (non-hydrogen) atoms. The zero-order chi connectivity index (χ0) is 4.99. The van der Waals surface area contributed by atoms with Gasteiger partial charge in [-0.15, -0.1) is 0 Å². The third-order valence-corrected chi connectivity index (χ3v) is 0.984. The van der Waals surface area contributed by atoms with Crippen molar-refractivity contribution in [2.75, 3.05) is 7.11 Å². The van der Waals surface area contributed by atoms with Crippen LogP contribution in [-0.2, 0) is 8.57 Å². The van der Waals surface area contributed by atoms with Crippen molar-refractivity contribution in [2.45, 2.75) is 13.2 Å². The largest absolute Gasteiger partial charge is 0.355 e. The minimum atomic E-state index is -0.148. The van der Waals surface area contributed by atoms with E-state index < -0.39 is 0 Å². The van der Waals surface area contributed by atoms with Crippen LogP contribution in [0.15, 0.2) is 0 Å². The SMILES string of the molecule is COC(C)OBr. The predicted molar refractivity (Wildman–Crippen MR) is 26.5 cm³/mol. The van der Waals surface area contributed by atoms with Crippen molar-refractivity contribution in [1.29, 1.82) is 0 Å². The van der Waals surface area contributed by atoms with Gasteiger partial charge in [0, 0.05) is 7.11 Å². The molecule has 1 atom stereocenters. The molecule has 0 heterocycles. The van der Waals surface area contributed by atoms with Crippen molar-refractivity contribution in [2.24, 2.45) is 0 Å². The van der Waals surface area contributed by atoms with Crippen LogP contribution in [0.25, 0.3) is 0 Å². The highest BCUT2D eigenvalue weighted by atomic mass is 79.9. The monoisotopic (exact) mass is 154 g/mol. The highest BCUT2D eigenvalue weighted by Gasteiger charge is 1.90. The second-order valence-corrected chi connectivity index (χ2v) is 1.27. The summed E-state index contributed by atoms with van der Waals surface area (Å²) in [6.45, 7) is 1.79. The summed E-state index contributed by atoms with van der Waals surface area (Å²) < 4.78 is 9.12. The van der Waals surface area contributed by atoms with Crippen LogP contribution < -0.4 is 0 Å². The van der Waals surface area contributed by atoms with Crippen LogP contribution in [0.5, 0.6) is 0 Å². The van der Waals surface area contributed by atoms with Gasteiger partial charge in [-0.1, -0.05) is 0 Å². The van der Waals surface area contributed by atoms with E-state index in [9.17, 15) is 0 Å². The van der Waals surface area contributed by atoms with Gasteiger partial charge in [-0.3, -0.25) is 3.83 Å². The Kier molecular flexibility index (Phi) is 3.82. The van der Waals surface area contributed by atoms with Gasteiger partial charge in [0.15, 0.2) is 6.29 Å². The first-order valence-electron chi connectivity index (χ1n) is 1.61. The molecular weight excluding hydrogens is 148 g/mol. The molecule has 0 aromatic heterocycles. The summed E-state index contributed by atoms with van der Waals surface area (Å²) in [5, 5.41) is 0. The summed E-state index contributed by atoms with van der Waals surface area (Å²) in [5.41, 5.74) is 0. The van der Waals surface area contributed by atoms with Gasteiger partial charge >= 0.3 is 0 Å². The lowest BCUT2D eigenvalue weighted by Gasteiger charge is -2.00. The number of halogens is 1. The lowest BCUT2D eigenvalue weighted by atomic mass is 10.8. The predicted octanol–water partition coefficient (Wildman–Crippen LogP) is 1.31. The Morgan fingerprint density at radius 3 is 2.17 bits per heavy atom. The van der Waals surface area contributed by atoms with E-state index in [1.54, 1.807) is 14.0 Å². The van der Waals surface area contributed by atoms with Gasteiger partial charge in [0.05, 0.1) is 0 Å². The minimum absolute atomic E-state index is 0.148. The van der Waals surface area contributed by atoms with Gasteiger partial charge in [-0.05, 0) is 6.92 Å². The summed E-state index contributed by atoms with van der Waals surface area (Å²) in [6.07, 6.45) is -0.148. The van der Waals surface area contributed by atoms with E-state index in [1.807, 2.05) is 0 Å². The lowest BCUT2D eigenvalue weighted by molar-refractivity contribution is -0.0180. The molecule has 2 nitrogen and oxygen atoms in total. The van der Waals surface area contributed by atoms with Gasteiger partial charge in [-0.2, -0.15) is 0 Å². The van der Waals surface area contributed by atoms with Crippen molar-refractivity contribution in [1.82, 2.24) is 0 Å². The Labute approximate surface area is 45.9 Å². The maximum Gasteiger partial charge on any atom is 0.167 e. The number of hydrogen-bond donors (Lipinski definition) is 0. The first-order chi connectivity index (χ1) is 2.81. The summed E-state index contributed by atoms with van der Waals surface area (Å²) in [5.74, 6) is 0. The molecule has 0 amide bonds. The zero-order valence-corrected chi connectivity index (χ0v) is 5.36. The molecule has 0 saturated carbocycles. The normalized spacial score (nSPS) is 14.5. The van der Waals surface area contributed by atoms with Gasteiger partial charge in [-0.25, -0.2) is 0 Å². The summed E-state index contributed by atoms with van der Waals surface area (Å²) in [7, 11) is 1.58. The number of rotatable bonds is 2. The van der Waals surface area contributed by atoms with Crippen molar-refractivity contribution in [3.63, 3.8) is 0 Å². The van der Waals surface area contributed by atoms with E-state index in [0.717, 1.165) is 0 Å². The van der Waals surface area contributed by atoms with Gasteiger partial charge in [0.1, 0.15) is 16.3 Å². The number of ether oxygens (including phenoxy) is 1. The molecule has 3 heteroatoms. The molecule has 1 unspecified atom stereocenters. The zero-order valence-electron chi connectivity index (χ0n) is 3.77. The Bertz CT molecular complexity index is 28.0. The fraction of sp³-hybridized carbons (Fsp3) is 1.00. The minimum Gasteiger partial charge on any atom is -0.355 e. The molecule has 0 aliphatic rings. The first kappa shape index (κ1) is 6.40. The van der Waals surface area contributed by atoms with E-state index >= 15 is 0 Å². The molecule has 0 radical (unpaired) electrons. The van der Waals surface area contributed by atoms with Crippen LogP contribution in [0.2, 0.25) is 0 Å². The Hall–Kier alpha value is 0.400. The molecule has 38 valence electrons. The molecule has 0 spiro atoms. The van der Waals surface area contributed by atoms with Crippen LogP contribution in [-0.4, -0.2) is 13.4 Å². The van der Waals surface area contributed by atoms with E-state index in [4.69, 9.17) is 0 Å². The van der Waals surface area contributed by atoms with Crippen LogP contribution >= 0.6 is 16.3 Å². The summed E-state index contributed by atoms with van der Waals surface area (Å²) in [6, 6.07) is 0. The fourth-order valence-electron chi connectivity index (χ4n) is 0.0364. The fourth-order valence-corrected chi connectivity index (χ4v) is 0.189. The van der Waals surface area contributed by atoms with Crippen molar-refractivity contribution >= 4 is 16.3 Å². The first-order valence-corrected chi connectivity index (χ1v) is 2.26. The molecule has 0 aromatic carbocycles. The highest BCUT2D eigenvalue weighted by Crippen LogP contribution is 1.93. The van der Waals surface area contributed by atoms with E-state index in [0.29, 0.717) is 0 Å². The molecule has 0 rings (SSSR count). The van der Waals surface area contributed by atoms with Crippen LogP contribution in [0.3, 0.4) is 0 Å². The van der Waals surface area contributed by atoms with E-state index in [-0.39, 0.29) is 6.29 Å². The molecule has 0 aliphatic carbocycles. The number of methoxy groups -OCH3 is 1. The second-order valence-electron chi connectivity index (χ2n) is 0.892. The topological polar surface area (TPSA) is 18.5 Å². The Morgan fingerprint density at radius 2 is 2.17 bits per heavy atom. The summed E-state index contributed by atoms with van der Waals surface area (Å²) >= 11 is 2.75. The molecule has 0 aliphatic heterocycles. The van der Waals surface area contributed by atoms with Crippen LogP contribution in [0, 0.1) is 0 Å². The van der Waals surface area contributed by atoms with E-state index in [1.165, 1.54) is 0 Å². The van der Waals surface area contributed by atoms with Gasteiger partial charge < -0.3 is 4.74 Å². The lowest BCUT2D eigenvalue weighted by Crippen LogP contribution is -2.01. The van der Waals surface area contributed by atoms with Crippen LogP contribution in [0.4, 0.5) is 0 Å². The third-order valence-electron chi connectivity index (χ3n) is 0.457. The molecule has 0 fully saturated rings.